The van der Waals surface area contributed by atoms with Crippen LogP contribution in [0.3, 0.4) is 0 Å². The molecule has 0 heterocycles. The highest BCUT2D eigenvalue weighted by Gasteiger charge is 2.17. The lowest BCUT2D eigenvalue weighted by atomic mass is 10.1. The van der Waals surface area contributed by atoms with Crippen LogP contribution >= 0.6 is 15.9 Å². The zero-order valence-corrected chi connectivity index (χ0v) is 13.4. The van der Waals surface area contributed by atoms with Gasteiger partial charge in [0.05, 0.1) is 26.7 Å². The van der Waals surface area contributed by atoms with E-state index in [2.05, 4.69) is 20.7 Å². The number of phenolic OH excluding ortho intramolecular Hbond substituents is 1. The van der Waals surface area contributed by atoms with Crippen LogP contribution in [0.1, 0.15) is 11.1 Å². The van der Waals surface area contributed by atoms with Gasteiger partial charge in [-0.15, -0.1) is 0 Å². The van der Waals surface area contributed by atoms with E-state index in [1.807, 2.05) is 6.07 Å². The number of aryl methyl sites for hydroxylation is 1. The molecule has 2 rings (SSSR count). The van der Waals surface area contributed by atoms with E-state index in [1.165, 1.54) is 24.3 Å². The van der Waals surface area contributed by atoms with Crippen molar-refractivity contribution in [3.8, 4) is 11.8 Å². The Hall–Kier alpha value is -2.04. The molecule has 2 aromatic rings. The first kappa shape index (κ1) is 15.4. The Morgan fingerprint density at radius 2 is 2.00 bits per heavy atom. The van der Waals surface area contributed by atoms with Crippen molar-refractivity contribution in [1.82, 2.24) is 0 Å². The molecule has 0 fully saturated rings. The number of phenols is 1. The fourth-order valence-electron chi connectivity index (χ4n) is 1.73. The molecule has 2 aromatic carbocycles. The van der Waals surface area contributed by atoms with Gasteiger partial charge in [0.15, 0.2) is 5.75 Å². The zero-order chi connectivity index (χ0) is 15.6. The molecule has 0 spiro atoms. The molecule has 0 bridgehead atoms. The molecule has 21 heavy (non-hydrogen) atoms. The van der Waals surface area contributed by atoms with Gasteiger partial charge in [-0.25, -0.2) is 8.42 Å². The highest BCUT2D eigenvalue weighted by atomic mass is 79.9. The Bertz CT molecular complexity index is 842. The number of para-hydroxylation sites is 1. The topological polar surface area (TPSA) is 90.2 Å². The van der Waals surface area contributed by atoms with Gasteiger partial charge in [0.25, 0.3) is 10.0 Å². The van der Waals surface area contributed by atoms with Crippen molar-refractivity contribution in [2.45, 2.75) is 11.8 Å². The van der Waals surface area contributed by atoms with Gasteiger partial charge >= 0.3 is 0 Å². The first-order valence-electron chi connectivity index (χ1n) is 5.86. The van der Waals surface area contributed by atoms with Crippen molar-refractivity contribution in [1.29, 1.82) is 5.26 Å². The molecule has 0 radical (unpaired) electrons. The molecular weight excluding hydrogens is 356 g/mol. The molecule has 5 nitrogen and oxygen atoms in total. The van der Waals surface area contributed by atoms with Crippen molar-refractivity contribution in [3.05, 3.63) is 52.0 Å². The van der Waals surface area contributed by atoms with Gasteiger partial charge in [-0.2, -0.15) is 5.26 Å². The van der Waals surface area contributed by atoms with Crippen LogP contribution in [0.4, 0.5) is 5.69 Å². The summed E-state index contributed by atoms with van der Waals surface area (Å²) in [7, 11) is -3.84. The lowest BCUT2D eigenvalue weighted by molar-refractivity contribution is 0.474. The number of hydrogen-bond acceptors (Lipinski definition) is 4. The molecule has 0 amide bonds. The fraction of sp³-hybridized carbons (Fsp3) is 0.0714. The van der Waals surface area contributed by atoms with Crippen LogP contribution in [0.5, 0.6) is 5.75 Å². The minimum absolute atomic E-state index is 0.0263. The zero-order valence-electron chi connectivity index (χ0n) is 11.0. The quantitative estimate of drug-likeness (QED) is 0.816. The average Bonchev–Trinajstić information content (AvgIpc) is 2.43. The van der Waals surface area contributed by atoms with Crippen LogP contribution in [0.2, 0.25) is 0 Å². The van der Waals surface area contributed by atoms with Gasteiger partial charge in [-0.3, -0.25) is 4.72 Å². The molecule has 7 heteroatoms. The number of hydrogen-bond donors (Lipinski definition) is 2. The van der Waals surface area contributed by atoms with E-state index in [0.717, 1.165) is 0 Å². The monoisotopic (exact) mass is 366 g/mol. The molecule has 2 N–H and O–H groups in total. The number of nitrogens with zero attached hydrogens (tertiary/aromatic N) is 1. The maximum absolute atomic E-state index is 12.3. The van der Waals surface area contributed by atoms with Gasteiger partial charge in [0.1, 0.15) is 0 Å². The van der Waals surface area contributed by atoms with Crippen LogP contribution in [0.25, 0.3) is 0 Å². The predicted octanol–water partition coefficient (Wildman–Crippen LogP) is 3.14. The number of anilines is 1. The summed E-state index contributed by atoms with van der Waals surface area (Å²) >= 11 is 3.12. The number of sulfonamides is 1. The first-order valence-corrected chi connectivity index (χ1v) is 8.14. The van der Waals surface area contributed by atoms with Gasteiger partial charge in [-0.1, -0.05) is 6.07 Å². The lowest BCUT2D eigenvalue weighted by Crippen LogP contribution is -2.13. The molecule has 0 atom stereocenters. The summed E-state index contributed by atoms with van der Waals surface area (Å²) in [5.41, 5.74) is 1.06. The van der Waals surface area contributed by atoms with E-state index in [-0.39, 0.29) is 16.3 Å². The normalized spacial score (nSPS) is 10.9. The second-order valence-corrected chi connectivity index (χ2v) is 6.87. The van der Waals surface area contributed by atoms with Gasteiger partial charge in [0, 0.05) is 0 Å². The van der Waals surface area contributed by atoms with Gasteiger partial charge in [0.2, 0.25) is 0 Å². The highest BCUT2D eigenvalue weighted by Crippen LogP contribution is 2.33. The second-order valence-electron chi connectivity index (χ2n) is 4.33. The van der Waals surface area contributed by atoms with Crippen LogP contribution < -0.4 is 4.72 Å². The summed E-state index contributed by atoms with van der Waals surface area (Å²) in [4.78, 5) is 0.0263. The third kappa shape index (κ3) is 3.17. The van der Waals surface area contributed by atoms with E-state index in [9.17, 15) is 13.5 Å². The van der Waals surface area contributed by atoms with E-state index in [4.69, 9.17) is 5.26 Å². The third-order valence-electron chi connectivity index (χ3n) is 2.86. The Balaban J connectivity index is 2.41. The Morgan fingerprint density at radius 1 is 1.29 bits per heavy atom. The molecule has 108 valence electrons. The van der Waals surface area contributed by atoms with E-state index >= 15 is 0 Å². The number of benzene rings is 2. The van der Waals surface area contributed by atoms with E-state index in [1.54, 1.807) is 19.1 Å². The van der Waals surface area contributed by atoms with Crippen LogP contribution in [0.15, 0.2) is 45.8 Å². The number of rotatable bonds is 3. The molecular formula is C14H11BrN2O3S. The Morgan fingerprint density at radius 3 is 2.62 bits per heavy atom. The molecule has 0 saturated heterocycles. The minimum atomic E-state index is -3.84. The molecule has 0 aliphatic carbocycles. The van der Waals surface area contributed by atoms with Crippen molar-refractivity contribution in [2.75, 3.05) is 4.72 Å². The maximum atomic E-state index is 12.3. The fourth-order valence-corrected chi connectivity index (χ4v) is 3.25. The molecule has 0 saturated carbocycles. The SMILES string of the molecule is Cc1cc(S(=O)(=O)Nc2cccc(Br)c2O)ccc1C#N. The van der Waals surface area contributed by atoms with Crippen LogP contribution in [0, 0.1) is 18.3 Å². The Labute approximate surface area is 131 Å². The molecule has 0 unspecified atom stereocenters. The first-order chi connectivity index (χ1) is 9.85. The minimum Gasteiger partial charge on any atom is -0.505 e. The lowest BCUT2D eigenvalue weighted by Gasteiger charge is -2.11. The van der Waals surface area contributed by atoms with E-state index in [0.29, 0.717) is 15.6 Å². The highest BCUT2D eigenvalue weighted by molar-refractivity contribution is 9.10. The largest absolute Gasteiger partial charge is 0.505 e. The van der Waals surface area contributed by atoms with E-state index < -0.39 is 10.0 Å². The standard InChI is InChI=1S/C14H11BrN2O3S/c1-9-7-11(6-5-10(9)8-16)21(19,20)17-13-4-2-3-12(15)14(13)18/h2-7,17-18H,1H3. The van der Waals surface area contributed by atoms with Crippen molar-refractivity contribution in [3.63, 3.8) is 0 Å². The van der Waals surface area contributed by atoms with Crippen molar-refractivity contribution in [2.24, 2.45) is 0 Å². The number of nitriles is 1. The summed E-state index contributed by atoms with van der Waals surface area (Å²) < 4.78 is 27.3. The second kappa shape index (κ2) is 5.76. The average molecular weight is 367 g/mol. The summed E-state index contributed by atoms with van der Waals surface area (Å²) in [6.07, 6.45) is 0. The molecule has 0 aliphatic heterocycles. The number of nitrogens with one attached hydrogen (secondary N) is 1. The predicted molar refractivity (Wildman–Crippen MR) is 82.5 cm³/mol. The van der Waals surface area contributed by atoms with Crippen molar-refractivity contribution >= 4 is 31.6 Å². The summed E-state index contributed by atoms with van der Waals surface area (Å²) in [5, 5.41) is 18.7. The Kier molecular flexibility index (Phi) is 4.21. The summed E-state index contributed by atoms with van der Waals surface area (Å²) in [5.74, 6) is -0.188. The van der Waals surface area contributed by atoms with Gasteiger partial charge < -0.3 is 5.11 Å². The van der Waals surface area contributed by atoms with Crippen LogP contribution in [-0.2, 0) is 10.0 Å². The van der Waals surface area contributed by atoms with Crippen molar-refractivity contribution < 1.29 is 13.5 Å². The summed E-state index contributed by atoms with van der Waals surface area (Å²) in [6.45, 7) is 1.66. The number of aromatic hydroxyl groups is 1. The maximum Gasteiger partial charge on any atom is 0.262 e. The third-order valence-corrected chi connectivity index (χ3v) is 4.86. The van der Waals surface area contributed by atoms with Gasteiger partial charge in [-0.05, 0) is 58.7 Å². The van der Waals surface area contributed by atoms with Crippen LogP contribution in [-0.4, -0.2) is 13.5 Å². The summed E-state index contributed by atoms with van der Waals surface area (Å²) in [6, 6.07) is 10.8. The molecule has 0 aromatic heterocycles. The smallest absolute Gasteiger partial charge is 0.262 e. The molecule has 0 aliphatic rings. The number of halogens is 1.